The van der Waals surface area contributed by atoms with Crippen LogP contribution >= 0.6 is 11.8 Å². The number of thioether (sulfide) groups is 1. The van der Waals surface area contributed by atoms with E-state index in [4.69, 9.17) is 4.74 Å². The standard InChI is InChI=1S/C22H23N3O3S/c1-3-28-22(27)14-16-13-20(24-19-12-8-7-11-18(19)23-16)29-15-21(26)25(2)17-9-5-4-6-10-17/h4-13,23H,3,14-15H2,1-2H3. The van der Waals surface area contributed by atoms with Crippen LogP contribution in [0.3, 0.4) is 0 Å². The van der Waals surface area contributed by atoms with E-state index in [1.165, 1.54) is 11.8 Å². The number of rotatable bonds is 6. The third kappa shape index (κ3) is 5.71. The maximum absolute atomic E-state index is 12.6. The van der Waals surface area contributed by atoms with Crippen LogP contribution in [0.15, 0.2) is 71.4 Å². The van der Waals surface area contributed by atoms with E-state index in [2.05, 4.69) is 10.3 Å². The molecule has 29 heavy (non-hydrogen) atoms. The smallest absolute Gasteiger partial charge is 0.311 e. The zero-order valence-corrected chi connectivity index (χ0v) is 17.2. The van der Waals surface area contributed by atoms with E-state index >= 15 is 0 Å². The van der Waals surface area contributed by atoms with E-state index in [1.54, 1.807) is 24.9 Å². The summed E-state index contributed by atoms with van der Waals surface area (Å²) in [6.45, 7) is 2.11. The molecular weight excluding hydrogens is 386 g/mol. The maximum Gasteiger partial charge on any atom is 0.311 e. The fourth-order valence-corrected chi connectivity index (χ4v) is 3.60. The van der Waals surface area contributed by atoms with Gasteiger partial charge in [0.1, 0.15) is 0 Å². The van der Waals surface area contributed by atoms with Crippen molar-refractivity contribution in [1.29, 1.82) is 0 Å². The number of benzene rings is 2. The zero-order valence-electron chi connectivity index (χ0n) is 16.4. The predicted octanol–water partition coefficient (Wildman–Crippen LogP) is 4.38. The van der Waals surface area contributed by atoms with Crippen molar-refractivity contribution in [3.05, 3.63) is 66.4 Å². The molecule has 6 nitrogen and oxygen atoms in total. The first kappa shape index (κ1) is 20.7. The van der Waals surface area contributed by atoms with E-state index in [1.807, 2.05) is 54.6 Å². The molecule has 0 aliphatic carbocycles. The summed E-state index contributed by atoms with van der Waals surface area (Å²) < 4.78 is 5.06. The highest BCUT2D eigenvalue weighted by Gasteiger charge is 2.17. The molecule has 1 N–H and O–H groups in total. The van der Waals surface area contributed by atoms with Crippen LogP contribution < -0.4 is 10.2 Å². The minimum atomic E-state index is -0.310. The quantitative estimate of drug-likeness (QED) is 0.717. The molecular formula is C22H23N3O3S. The number of amides is 1. The summed E-state index contributed by atoms with van der Waals surface area (Å²) in [5.41, 5.74) is 3.09. The number of carbonyl (C=O) groups is 2. The van der Waals surface area contributed by atoms with Gasteiger partial charge in [0.15, 0.2) is 0 Å². The molecule has 0 saturated carbocycles. The van der Waals surface area contributed by atoms with Gasteiger partial charge in [0.05, 0.1) is 35.2 Å². The number of nitrogens with zero attached hydrogens (tertiary/aromatic N) is 2. The van der Waals surface area contributed by atoms with Crippen LogP contribution in [0, 0.1) is 0 Å². The molecule has 0 radical (unpaired) electrons. The van der Waals surface area contributed by atoms with Gasteiger partial charge < -0.3 is 15.0 Å². The predicted molar refractivity (Wildman–Crippen MR) is 119 cm³/mol. The van der Waals surface area contributed by atoms with Gasteiger partial charge in [0, 0.05) is 18.4 Å². The summed E-state index contributed by atoms with van der Waals surface area (Å²) >= 11 is 1.34. The number of carbonyl (C=O) groups excluding carboxylic acids is 2. The van der Waals surface area contributed by atoms with E-state index in [0.717, 1.165) is 17.1 Å². The van der Waals surface area contributed by atoms with Gasteiger partial charge in [-0.25, -0.2) is 4.99 Å². The minimum absolute atomic E-state index is 0.0327. The lowest BCUT2D eigenvalue weighted by molar-refractivity contribution is -0.142. The molecule has 3 rings (SSSR count). The second-order valence-electron chi connectivity index (χ2n) is 6.32. The van der Waals surface area contributed by atoms with Gasteiger partial charge in [-0.2, -0.15) is 0 Å². The van der Waals surface area contributed by atoms with Gasteiger partial charge in [-0.1, -0.05) is 42.1 Å². The molecule has 7 heteroatoms. The highest BCUT2D eigenvalue weighted by molar-refractivity contribution is 8.14. The average molecular weight is 410 g/mol. The molecule has 1 aliphatic rings. The van der Waals surface area contributed by atoms with Crippen molar-refractivity contribution in [3.63, 3.8) is 0 Å². The van der Waals surface area contributed by atoms with Gasteiger partial charge in [0.2, 0.25) is 5.91 Å². The fraction of sp³-hybridized carbons (Fsp3) is 0.227. The lowest BCUT2D eigenvalue weighted by atomic mass is 10.2. The summed E-state index contributed by atoms with van der Waals surface area (Å²) in [5.74, 6) is -0.111. The Morgan fingerprint density at radius 3 is 2.59 bits per heavy atom. The number of ether oxygens (including phenoxy) is 1. The first-order chi connectivity index (χ1) is 14.1. The molecule has 0 saturated heterocycles. The van der Waals surface area contributed by atoms with Crippen molar-refractivity contribution in [2.45, 2.75) is 13.3 Å². The highest BCUT2D eigenvalue weighted by Crippen LogP contribution is 2.31. The summed E-state index contributed by atoms with van der Waals surface area (Å²) in [6.07, 6.45) is 1.91. The van der Waals surface area contributed by atoms with Gasteiger partial charge in [-0.15, -0.1) is 0 Å². The molecule has 2 aromatic carbocycles. The Kier molecular flexibility index (Phi) is 7.08. The average Bonchev–Trinajstić information content (AvgIpc) is 2.90. The van der Waals surface area contributed by atoms with E-state index in [9.17, 15) is 9.59 Å². The summed E-state index contributed by atoms with van der Waals surface area (Å²) in [6, 6.07) is 17.1. The Labute approximate surface area is 174 Å². The third-order valence-corrected chi connectivity index (χ3v) is 5.13. The highest BCUT2D eigenvalue weighted by atomic mass is 32.2. The van der Waals surface area contributed by atoms with Crippen molar-refractivity contribution in [2.75, 3.05) is 29.6 Å². The number of esters is 1. The van der Waals surface area contributed by atoms with Crippen molar-refractivity contribution in [3.8, 4) is 0 Å². The summed E-state index contributed by atoms with van der Waals surface area (Å²) in [5, 5.41) is 3.92. The Bertz CT molecular complexity index is 941. The summed E-state index contributed by atoms with van der Waals surface area (Å²) in [7, 11) is 1.76. The SMILES string of the molecule is CCOC(=O)CC1=CC(SCC(=O)N(C)c2ccccc2)=Nc2ccccc2N1. The molecule has 2 aromatic rings. The van der Waals surface area contributed by atoms with Gasteiger partial charge in [-0.3, -0.25) is 9.59 Å². The molecule has 1 heterocycles. The third-order valence-electron chi connectivity index (χ3n) is 4.23. The van der Waals surface area contributed by atoms with Gasteiger partial charge >= 0.3 is 5.97 Å². The van der Waals surface area contributed by atoms with Crippen molar-refractivity contribution in [2.24, 2.45) is 4.99 Å². The largest absolute Gasteiger partial charge is 0.466 e. The number of fused-ring (bicyclic) bond motifs is 1. The Balaban J connectivity index is 1.75. The van der Waals surface area contributed by atoms with Gasteiger partial charge in [-0.05, 0) is 37.3 Å². The van der Waals surface area contributed by atoms with Crippen LogP contribution in [0.25, 0.3) is 0 Å². The van der Waals surface area contributed by atoms with Gasteiger partial charge in [0.25, 0.3) is 0 Å². The molecule has 0 atom stereocenters. The lowest BCUT2D eigenvalue weighted by Gasteiger charge is -2.16. The molecule has 0 unspecified atom stereocenters. The molecule has 1 amide bonds. The Hall–Kier alpha value is -3.06. The van der Waals surface area contributed by atoms with Crippen LogP contribution in [-0.4, -0.2) is 36.3 Å². The molecule has 150 valence electrons. The number of nitrogens with one attached hydrogen (secondary N) is 1. The number of aliphatic imine (C=N–C) groups is 1. The van der Waals surface area contributed by atoms with E-state index in [0.29, 0.717) is 17.3 Å². The topological polar surface area (TPSA) is 71.0 Å². The number of para-hydroxylation sites is 3. The Morgan fingerprint density at radius 2 is 1.83 bits per heavy atom. The number of anilines is 2. The molecule has 1 aliphatic heterocycles. The minimum Gasteiger partial charge on any atom is -0.466 e. The second kappa shape index (κ2) is 9.93. The fourth-order valence-electron chi connectivity index (χ4n) is 2.75. The number of hydrogen-bond acceptors (Lipinski definition) is 6. The molecule has 0 spiro atoms. The maximum atomic E-state index is 12.6. The van der Waals surface area contributed by atoms with E-state index < -0.39 is 0 Å². The second-order valence-corrected chi connectivity index (χ2v) is 7.32. The van der Waals surface area contributed by atoms with Crippen molar-refractivity contribution >= 4 is 45.7 Å². The van der Waals surface area contributed by atoms with Crippen molar-refractivity contribution < 1.29 is 14.3 Å². The van der Waals surface area contributed by atoms with Crippen LogP contribution in [-0.2, 0) is 14.3 Å². The molecule has 0 fully saturated rings. The van der Waals surface area contributed by atoms with Crippen molar-refractivity contribution in [1.82, 2.24) is 0 Å². The monoisotopic (exact) mass is 409 g/mol. The normalized spacial score (nSPS) is 12.6. The van der Waals surface area contributed by atoms with E-state index in [-0.39, 0.29) is 24.1 Å². The number of hydrogen-bond donors (Lipinski definition) is 1. The zero-order chi connectivity index (χ0) is 20.6. The first-order valence-corrected chi connectivity index (χ1v) is 10.3. The summed E-state index contributed by atoms with van der Waals surface area (Å²) in [4.78, 5) is 30.8. The first-order valence-electron chi connectivity index (χ1n) is 9.32. The van der Waals surface area contributed by atoms with Crippen LogP contribution in [0.2, 0.25) is 0 Å². The van der Waals surface area contributed by atoms with Crippen LogP contribution in [0.1, 0.15) is 13.3 Å². The Morgan fingerprint density at radius 1 is 1.10 bits per heavy atom. The molecule has 0 aromatic heterocycles. The van der Waals surface area contributed by atoms with Crippen LogP contribution in [0.5, 0.6) is 0 Å². The van der Waals surface area contributed by atoms with Crippen LogP contribution in [0.4, 0.5) is 17.1 Å². The lowest BCUT2D eigenvalue weighted by Crippen LogP contribution is -2.28. The molecule has 0 bridgehead atoms.